The van der Waals surface area contributed by atoms with Crippen LogP contribution in [-0.4, -0.2) is 39.0 Å². The van der Waals surface area contributed by atoms with Crippen LogP contribution in [0.25, 0.3) is 5.65 Å². The van der Waals surface area contributed by atoms with Crippen LogP contribution < -0.4 is 15.8 Å². The van der Waals surface area contributed by atoms with Crippen LogP contribution in [-0.2, 0) is 0 Å². The molecule has 2 aromatic heterocycles. The van der Waals surface area contributed by atoms with Crippen molar-refractivity contribution in [3.63, 3.8) is 0 Å². The predicted octanol–water partition coefficient (Wildman–Crippen LogP) is 4.42. The number of benzene rings is 1. The Balaban J connectivity index is 1.62. The number of aromatic nitrogens is 2. The van der Waals surface area contributed by atoms with Crippen molar-refractivity contribution in [1.29, 1.82) is 0 Å². The van der Waals surface area contributed by atoms with E-state index in [4.69, 9.17) is 4.98 Å². The first-order chi connectivity index (χ1) is 16.1. The molecule has 0 amide bonds. The van der Waals surface area contributed by atoms with E-state index in [0.717, 1.165) is 5.56 Å². The van der Waals surface area contributed by atoms with E-state index in [0.29, 0.717) is 41.2 Å². The molecule has 0 spiro atoms. The minimum Gasteiger partial charge on any atom is -0.478 e. The second-order valence-corrected chi connectivity index (χ2v) is 9.48. The third kappa shape index (κ3) is 3.50. The Hall–Kier alpha value is -3.49. The van der Waals surface area contributed by atoms with Crippen LogP contribution in [0.1, 0.15) is 52.9 Å². The van der Waals surface area contributed by atoms with Gasteiger partial charge in [0.1, 0.15) is 11.5 Å². The van der Waals surface area contributed by atoms with Crippen LogP contribution in [0.4, 0.5) is 20.3 Å². The summed E-state index contributed by atoms with van der Waals surface area (Å²) in [7, 11) is 0. The molecule has 3 aromatic rings. The number of alkyl halides is 2. The maximum atomic E-state index is 14.5. The number of carboxylic acids is 1. The summed E-state index contributed by atoms with van der Waals surface area (Å²) in [5, 5.41) is 12.7. The molecule has 1 saturated heterocycles. The summed E-state index contributed by atoms with van der Waals surface area (Å²) in [6.07, 6.45) is 1.97. The van der Waals surface area contributed by atoms with Crippen molar-refractivity contribution in [3.05, 3.63) is 69.1 Å². The second kappa shape index (κ2) is 7.78. The SMILES string of the molecule is Cc1cc(C(C)Nc2ccccc2C(=O)O)c2nc(N3CC4CC3C(F)(F)C4)c(C)c(=O)n2c1. The lowest BCUT2D eigenvalue weighted by Crippen LogP contribution is -2.47. The third-order valence-corrected chi connectivity index (χ3v) is 6.99. The highest BCUT2D eigenvalue weighted by Crippen LogP contribution is 2.49. The number of aryl methyl sites for hydroxylation is 1. The summed E-state index contributed by atoms with van der Waals surface area (Å²) < 4.78 is 30.5. The summed E-state index contributed by atoms with van der Waals surface area (Å²) in [4.78, 5) is 31.3. The molecular weight excluding hydrogens is 442 g/mol. The number of carboxylic acid groups (broad SMARTS) is 1. The number of pyridine rings is 1. The molecule has 0 radical (unpaired) electrons. The zero-order valence-electron chi connectivity index (χ0n) is 19.2. The summed E-state index contributed by atoms with van der Waals surface area (Å²) in [5.41, 5.74) is 2.48. The van der Waals surface area contributed by atoms with Crippen molar-refractivity contribution < 1.29 is 18.7 Å². The molecule has 3 atom stereocenters. The molecule has 5 rings (SSSR count). The molecule has 3 heterocycles. The minimum absolute atomic E-state index is 0.106. The molecule has 2 aliphatic rings. The molecule has 3 unspecified atom stereocenters. The van der Waals surface area contributed by atoms with E-state index < -0.39 is 24.0 Å². The molecule has 2 N–H and O–H groups in total. The Kier molecular flexibility index (Phi) is 5.11. The summed E-state index contributed by atoms with van der Waals surface area (Å²) in [6, 6.07) is 7.10. The van der Waals surface area contributed by atoms with E-state index in [9.17, 15) is 23.5 Å². The number of para-hydroxylation sites is 1. The van der Waals surface area contributed by atoms with Gasteiger partial charge in [0.2, 0.25) is 0 Å². The predicted molar refractivity (Wildman–Crippen MR) is 125 cm³/mol. The minimum atomic E-state index is -2.80. The largest absolute Gasteiger partial charge is 0.478 e. The third-order valence-electron chi connectivity index (χ3n) is 6.99. The van der Waals surface area contributed by atoms with Gasteiger partial charge in [0.25, 0.3) is 11.5 Å². The summed E-state index contributed by atoms with van der Waals surface area (Å²) in [5.74, 6) is -3.65. The van der Waals surface area contributed by atoms with Crippen molar-refractivity contribution in [2.75, 3.05) is 16.8 Å². The van der Waals surface area contributed by atoms with Crippen molar-refractivity contribution >= 4 is 23.1 Å². The van der Waals surface area contributed by atoms with Gasteiger partial charge < -0.3 is 15.3 Å². The molecule has 7 nitrogen and oxygen atoms in total. The van der Waals surface area contributed by atoms with Crippen LogP contribution in [0.2, 0.25) is 0 Å². The van der Waals surface area contributed by atoms with Gasteiger partial charge in [-0.25, -0.2) is 18.6 Å². The van der Waals surface area contributed by atoms with Gasteiger partial charge >= 0.3 is 5.97 Å². The molecule has 1 aliphatic carbocycles. The molecule has 34 heavy (non-hydrogen) atoms. The summed E-state index contributed by atoms with van der Waals surface area (Å²) >= 11 is 0. The monoisotopic (exact) mass is 468 g/mol. The fraction of sp³-hybridized carbons (Fsp3) is 0.400. The topological polar surface area (TPSA) is 86.9 Å². The number of hydrogen-bond donors (Lipinski definition) is 2. The van der Waals surface area contributed by atoms with Crippen LogP contribution >= 0.6 is 0 Å². The molecule has 9 heteroatoms. The van der Waals surface area contributed by atoms with E-state index in [1.807, 2.05) is 19.9 Å². The summed E-state index contributed by atoms with van der Waals surface area (Å²) in [6.45, 7) is 5.81. The van der Waals surface area contributed by atoms with E-state index >= 15 is 0 Å². The standard InChI is InChI=1S/C25H26F2N4O3/c1-13-8-18(15(3)28-19-7-5-4-6-17(19)24(33)34)22-29-21(14(2)23(32)31(22)11-13)30-12-16-9-20(30)25(26,27)10-16/h4-8,11,15-16,20,28H,9-10,12H2,1-3H3,(H,33,34). The number of carbonyl (C=O) groups is 1. The number of halogens is 2. The van der Waals surface area contributed by atoms with Gasteiger partial charge in [-0.15, -0.1) is 0 Å². The highest BCUT2D eigenvalue weighted by Gasteiger charge is 2.57. The van der Waals surface area contributed by atoms with E-state index in [1.54, 1.807) is 36.2 Å². The molecule has 1 aliphatic heterocycles. The van der Waals surface area contributed by atoms with Gasteiger partial charge in [0, 0.05) is 30.4 Å². The molecule has 1 aromatic carbocycles. The van der Waals surface area contributed by atoms with Crippen molar-refractivity contribution in [2.24, 2.45) is 5.92 Å². The highest BCUT2D eigenvalue weighted by molar-refractivity contribution is 5.94. The van der Waals surface area contributed by atoms with Crippen LogP contribution in [0.3, 0.4) is 0 Å². The zero-order chi connectivity index (χ0) is 24.4. The van der Waals surface area contributed by atoms with Crippen LogP contribution in [0.15, 0.2) is 41.3 Å². The number of anilines is 2. The lowest BCUT2D eigenvalue weighted by Gasteiger charge is -2.34. The van der Waals surface area contributed by atoms with Crippen LogP contribution in [0, 0.1) is 19.8 Å². The number of fused-ring (bicyclic) bond motifs is 3. The number of rotatable bonds is 5. The highest BCUT2D eigenvalue weighted by atomic mass is 19.3. The fourth-order valence-corrected chi connectivity index (χ4v) is 5.42. The van der Waals surface area contributed by atoms with Gasteiger partial charge in [0.15, 0.2) is 0 Å². The van der Waals surface area contributed by atoms with Crippen LogP contribution in [0.5, 0.6) is 0 Å². The molecule has 178 valence electrons. The second-order valence-electron chi connectivity index (χ2n) is 9.48. The first kappa shape index (κ1) is 22.3. The van der Waals surface area contributed by atoms with E-state index in [1.165, 1.54) is 10.5 Å². The Labute approximate surface area is 195 Å². The first-order valence-corrected chi connectivity index (χ1v) is 11.3. The number of nitrogens with one attached hydrogen (secondary N) is 1. The number of nitrogens with zero attached hydrogens (tertiary/aromatic N) is 3. The average Bonchev–Trinajstić information content (AvgIpc) is 3.32. The zero-order valence-corrected chi connectivity index (χ0v) is 19.2. The fourth-order valence-electron chi connectivity index (χ4n) is 5.42. The number of aromatic carboxylic acids is 1. The van der Waals surface area contributed by atoms with Crippen molar-refractivity contribution in [2.45, 2.75) is 51.6 Å². The van der Waals surface area contributed by atoms with Gasteiger partial charge in [-0.3, -0.25) is 9.20 Å². The molecule has 2 bridgehead atoms. The smallest absolute Gasteiger partial charge is 0.337 e. The van der Waals surface area contributed by atoms with E-state index in [2.05, 4.69) is 5.32 Å². The van der Waals surface area contributed by atoms with Gasteiger partial charge in [0.05, 0.1) is 23.2 Å². The Morgan fingerprint density at radius 2 is 2.03 bits per heavy atom. The Bertz CT molecular complexity index is 1370. The average molecular weight is 469 g/mol. The Morgan fingerprint density at radius 1 is 1.29 bits per heavy atom. The van der Waals surface area contributed by atoms with Gasteiger partial charge in [-0.05, 0) is 56.9 Å². The lowest BCUT2D eigenvalue weighted by molar-refractivity contribution is -0.0207. The van der Waals surface area contributed by atoms with Gasteiger partial charge in [-0.2, -0.15) is 0 Å². The van der Waals surface area contributed by atoms with E-state index in [-0.39, 0.29) is 23.5 Å². The lowest BCUT2D eigenvalue weighted by atomic mass is 10.0. The maximum Gasteiger partial charge on any atom is 0.337 e. The molecular formula is C25H26F2N4O3. The molecule has 2 fully saturated rings. The molecule has 1 saturated carbocycles. The van der Waals surface area contributed by atoms with Crippen molar-refractivity contribution in [1.82, 2.24) is 9.38 Å². The Morgan fingerprint density at radius 3 is 2.71 bits per heavy atom. The van der Waals surface area contributed by atoms with Gasteiger partial charge in [-0.1, -0.05) is 12.1 Å². The maximum absolute atomic E-state index is 14.5. The normalized spacial score (nSPS) is 21.7. The quantitative estimate of drug-likeness (QED) is 0.577. The number of piperidine rings is 1. The number of hydrogen-bond acceptors (Lipinski definition) is 5. The first-order valence-electron chi connectivity index (χ1n) is 11.3. The van der Waals surface area contributed by atoms with Crippen molar-refractivity contribution in [3.8, 4) is 0 Å².